The van der Waals surface area contributed by atoms with E-state index in [4.69, 9.17) is 4.43 Å². The van der Waals surface area contributed by atoms with Crippen LogP contribution >= 0.6 is 0 Å². The van der Waals surface area contributed by atoms with Crippen molar-refractivity contribution in [3.8, 4) is 0 Å². The Bertz CT molecular complexity index is 266. The van der Waals surface area contributed by atoms with Gasteiger partial charge in [-0.1, -0.05) is 38.8 Å². The second-order valence-electron chi connectivity index (χ2n) is 6.18. The van der Waals surface area contributed by atoms with E-state index in [0.717, 1.165) is 38.5 Å². The Balaban J connectivity index is 4.04. The molecule has 0 aliphatic carbocycles. The van der Waals surface area contributed by atoms with Gasteiger partial charge in [0.1, 0.15) is 0 Å². The highest BCUT2D eigenvalue weighted by Gasteiger charge is 2.25. The highest BCUT2D eigenvalue weighted by atomic mass is 28.4. The molecule has 0 radical (unpaired) electrons. The quantitative estimate of drug-likeness (QED) is 0.309. The topological polar surface area (TPSA) is 26.3 Å². The molecule has 0 saturated carbocycles. The number of carbonyl (C=O) groups excluding carboxylic acids is 1. The molecule has 0 aromatic heterocycles. The zero-order valence-corrected chi connectivity index (χ0v) is 14.5. The second kappa shape index (κ2) is 10.2. The molecule has 0 rings (SSSR count). The van der Waals surface area contributed by atoms with Gasteiger partial charge in [0.05, 0.1) is 5.92 Å². The highest BCUT2D eigenvalue weighted by Crippen LogP contribution is 2.19. The predicted octanol–water partition coefficient (Wildman–Crippen LogP) is 5.31. The lowest BCUT2D eigenvalue weighted by Gasteiger charge is -2.22. The summed E-state index contributed by atoms with van der Waals surface area (Å²) in [6.07, 6.45) is 12.0. The summed E-state index contributed by atoms with van der Waals surface area (Å²) in [7, 11) is -1.74. The summed E-state index contributed by atoms with van der Waals surface area (Å²) in [4.78, 5) is 12.1. The summed E-state index contributed by atoms with van der Waals surface area (Å²) in [5.74, 6) is 0.164. The minimum atomic E-state index is -1.74. The molecule has 0 aliphatic heterocycles. The van der Waals surface area contributed by atoms with Crippen molar-refractivity contribution in [2.75, 3.05) is 0 Å². The Morgan fingerprint density at radius 2 is 1.79 bits per heavy atom. The minimum absolute atomic E-state index is 0.0464. The number of hydrogen-bond donors (Lipinski definition) is 0. The average molecular weight is 285 g/mol. The van der Waals surface area contributed by atoms with Gasteiger partial charge in [0.25, 0.3) is 5.97 Å². The lowest BCUT2D eigenvalue weighted by Crippen LogP contribution is -2.32. The van der Waals surface area contributed by atoms with E-state index in [9.17, 15) is 4.79 Å². The van der Waals surface area contributed by atoms with E-state index < -0.39 is 8.32 Å². The van der Waals surface area contributed by atoms with Crippen LogP contribution in [0.3, 0.4) is 0 Å². The van der Waals surface area contributed by atoms with Gasteiger partial charge < -0.3 is 4.43 Å². The van der Waals surface area contributed by atoms with Crippen molar-refractivity contribution in [3.05, 3.63) is 12.2 Å². The van der Waals surface area contributed by atoms with Gasteiger partial charge in [-0.3, -0.25) is 4.79 Å². The molecule has 0 aromatic rings. The maximum atomic E-state index is 12.1. The van der Waals surface area contributed by atoms with E-state index >= 15 is 0 Å². The van der Waals surface area contributed by atoms with Crippen molar-refractivity contribution >= 4 is 14.3 Å². The number of hydrogen-bond acceptors (Lipinski definition) is 2. The number of rotatable bonds is 10. The number of unbranched alkanes of at least 4 members (excludes halogenated alkanes) is 2. The number of allylic oxidation sites excluding steroid dienone is 2. The van der Waals surface area contributed by atoms with Crippen LogP contribution in [-0.2, 0) is 9.22 Å². The summed E-state index contributed by atoms with van der Waals surface area (Å²) >= 11 is 0. The summed E-state index contributed by atoms with van der Waals surface area (Å²) < 4.78 is 5.63. The zero-order valence-electron chi connectivity index (χ0n) is 13.5. The van der Waals surface area contributed by atoms with E-state index in [0.29, 0.717) is 0 Å². The molecule has 0 heterocycles. The molecule has 0 bridgehead atoms. The minimum Gasteiger partial charge on any atom is -0.520 e. The molecule has 0 N–H and O–H groups in total. The third-order valence-corrected chi connectivity index (χ3v) is 3.77. The van der Waals surface area contributed by atoms with Crippen LogP contribution in [0.5, 0.6) is 0 Å². The van der Waals surface area contributed by atoms with Crippen molar-refractivity contribution in [2.24, 2.45) is 5.92 Å². The Morgan fingerprint density at radius 1 is 1.11 bits per heavy atom. The number of carbonyl (C=O) groups is 1. The molecule has 0 aromatic carbocycles. The van der Waals surface area contributed by atoms with E-state index in [-0.39, 0.29) is 11.9 Å². The van der Waals surface area contributed by atoms with Crippen molar-refractivity contribution in [1.29, 1.82) is 0 Å². The maximum Gasteiger partial charge on any atom is 0.295 e. The molecule has 0 saturated heterocycles. The standard InChI is InChI=1S/C16H32O2Si/c1-6-8-9-10-11-12-14-15(13-7-2)16(17)18-19(3,4)5/h8-9,15H,6-7,10-14H2,1-5H3. The average Bonchev–Trinajstić information content (AvgIpc) is 2.30. The Morgan fingerprint density at radius 3 is 2.32 bits per heavy atom. The summed E-state index contributed by atoms with van der Waals surface area (Å²) in [5, 5.41) is 0. The normalized spacial score (nSPS) is 13.7. The molecule has 0 amide bonds. The van der Waals surface area contributed by atoms with Crippen LogP contribution in [-0.4, -0.2) is 14.3 Å². The van der Waals surface area contributed by atoms with Gasteiger partial charge in [0.15, 0.2) is 0 Å². The predicted molar refractivity (Wildman–Crippen MR) is 85.7 cm³/mol. The van der Waals surface area contributed by atoms with E-state index in [1.165, 1.54) is 6.42 Å². The lowest BCUT2D eigenvalue weighted by atomic mass is 9.97. The fourth-order valence-corrected chi connectivity index (χ4v) is 2.82. The molecule has 112 valence electrons. The first-order valence-electron chi connectivity index (χ1n) is 7.78. The van der Waals surface area contributed by atoms with Gasteiger partial charge >= 0.3 is 0 Å². The van der Waals surface area contributed by atoms with E-state index in [1.54, 1.807) is 0 Å². The molecule has 0 aliphatic rings. The Kier molecular flexibility index (Phi) is 9.93. The van der Waals surface area contributed by atoms with Crippen LogP contribution < -0.4 is 0 Å². The van der Waals surface area contributed by atoms with Gasteiger partial charge in [0, 0.05) is 0 Å². The fraction of sp³-hybridized carbons (Fsp3) is 0.812. The molecule has 1 unspecified atom stereocenters. The van der Waals surface area contributed by atoms with Gasteiger partial charge in [-0.25, -0.2) is 0 Å². The van der Waals surface area contributed by atoms with Crippen molar-refractivity contribution in [1.82, 2.24) is 0 Å². The molecular weight excluding hydrogens is 252 g/mol. The van der Waals surface area contributed by atoms with Crippen molar-refractivity contribution in [3.63, 3.8) is 0 Å². The van der Waals surface area contributed by atoms with Crippen molar-refractivity contribution < 1.29 is 9.22 Å². The molecule has 0 fully saturated rings. The van der Waals surface area contributed by atoms with Gasteiger partial charge in [0.2, 0.25) is 8.32 Å². The molecule has 3 heteroatoms. The Labute approximate surface area is 120 Å². The van der Waals surface area contributed by atoms with Gasteiger partial charge in [-0.15, -0.1) is 0 Å². The monoisotopic (exact) mass is 284 g/mol. The SMILES string of the molecule is CCC=CCCCCC(CCC)C(=O)O[Si](C)(C)C. The van der Waals surface area contributed by atoms with E-state index in [2.05, 4.69) is 45.6 Å². The largest absolute Gasteiger partial charge is 0.520 e. The highest BCUT2D eigenvalue weighted by molar-refractivity contribution is 6.71. The van der Waals surface area contributed by atoms with Crippen LogP contribution in [0.15, 0.2) is 12.2 Å². The fourth-order valence-electron chi connectivity index (χ4n) is 2.05. The van der Waals surface area contributed by atoms with Crippen LogP contribution in [0.2, 0.25) is 19.6 Å². The molecule has 1 atom stereocenters. The van der Waals surface area contributed by atoms with Crippen LogP contribution in [0.4, 0.5) is 0 Å². The van der Waals surface area contributed by atoms with Crippen LogP contribution in [0.25, 0.3) is 0 Å². The third kappa shape index (κ3) is 11.0. The summed E-state index contributed by atoms with van der Waals surface area (Å²) in [5.41, 5.74) is 0. The molecule has 19 heavy (non-hydrogen) atoms. The summed E-state index contributed by atoms with van der Waals surface area (Å²) in [6.45, 7) is 10.5. The molecular formula is C16H32O2Si. The third-order valence-electron chi connectivity index (χ3n) is 2.95. The van der Waals surface area contributed by atoms with Crippen LogP contribution in [0, 0.1) is 5.92 Å². The first kappa shape index (κ1) is 18.4. The summed E-state index contributed by atoms with van der Waals surface area (Å²) in [6, 6.07) is 0. The molecule has 0 spiro atoms. The zero-order chi connectivity index (χ0) is 14.7. The first-order chi connectivity index (χ1) is 8.90. The Hall–Kier alpha value is -0.573. The van der Waals surface area contributed by atoms with Gasteiger partial charge in [-0.2, -0.15) is 0 Å². The molecule has 2 nitrogen and oxygen atoms in total. The smallest absolute Gasteiger partial charge is 0.295 e. The van der Waals surface area contributed by atoms with E-state index in [1.807, 2.05) is 0 Å². The first-order valence-corrected chi connectivity index (χ1v) is 11.2. The lowest BCUT2D eigenvalue weighted by molar-refractivity contribution is -0.140. The van der Waals surface area contributed by atoms with Crippen molar-refractivity contribution in [2.45, 2.75) is 78.4 Å². The second-order valence-corrected chi connectivity index (χ2v) is 10.6. The van der Waals surface area contributed by atoms with Crippen LogP contribution in [0.1, 0.15) is 58.8 Å². The van der Waals surface area contributed by atoms with Gasteiger partial charge in [-0.05, 0) is 51.7 Å². The maximum absolute atomic E-state index is 12.1.